The number of hydrogen-bond acceptors (Lipinski definition) is 2. The SMILES string of the molecule is CC1=NCCN1CCCCCCF. The summed E-state index contributed by atoms with van der Waals surface area (Å²) < 4.78 is 11.8. The van der Waals surface area contributed by atoms with E-state index in [1.165, 1.54) is 12.3 Å². The first-order valence-electron chi connectivity index (χ1n) is 5.16. The molecule has 0 aliphatic carbocycles. The molecule has 0 unspecified atom stereocenters. The van der Waals surface area contributed by atoms with Crippen LogP contribution in [-0.4, -0.2) is 37.0 Å². The molecule has 1 aliphatic rings. The van der Waals surface area contributed by atoms with Crippen molar-refractivity contribution < 1.29 is 4.39 Å². The van der Waals surface area contributed by atoms with E-state index in [0.29, 0.717) is 0 Å². The lowest BCUT2D eigenvalue weighted by molar-refractivity contribution is 0.414. The van der Waals surface area contributed by atoms with Crippen molar-refractivity contribution in [3.05, 3.63) is 0 Å². The minimum absolute atomic E-state index is 0.162. The smallest absolute Gasteiger partial charge is 0.0958 e. The Kier molecular flexibility index (Phi) is 4.79. The van der Waals surface area contributed by atoms with E-state index >= 15 is 0 Å². The lowest BCUT2D eigenvalue weighted by Crippen LogP contribution is -2.26. The number of unbranched alkanes of at least 4 members (excludes halogenated alkanes) is 3. The predicted molar refractivity (Wildman–Crippen MR) is 54.0 cm³/mol. The van der Waals surface area contributed by atoms with Crippen molar-refractivity contribution in [3.63, 3.8) is 0 Å². The molecule has 76 valence electrons. The molecular weight excluding hydrogens is 167 g/mol. The minimum Gasteiger partial charge on any atom is -0.359 e. The zero-order valence-electron chi connectivity index (χ0n) is 8.43. The summed E-state index contributed by atoms with van der Waals surface area (Å²) in [7, 11) is 0. The van der Waals surface area contributed by atoms with Gasteiger partial charge in [0.15, 0.2) is 0 Å². The maximum atomic E-state index is 11.8. The lowest BCUT2D eigenvalue weighted by atomic mass is 10.2. The average molecular weight is 186 g/mol. The number of rotatable bonds is 6. The van der Waals surface area contributed by atoms with Gasteiger partial charge in [0, 0.05) is 13.1 Å². The molecule has 0 saturated carbocycles. The summed E-state index contributed by atoms with van der Waals surface area (Å²) in [5.41, 5.74) is 0. The quantitative estimate of drug-likeness (QED) is 0.581. The summed E-state index contributed by atoms with van der Waals surface area (Å²) in [5.74, 6) is 1.17. The first kappa shape index (κ1) is 10.5. The highest BCUT2D eigenvalue weighted by atomic mass is 19.1. The van der Waals surface area contributed by atoms with E-state index in [0.717, 1.165) is 38.9 Å². The van der Waals surface area contributed by atoms with Gasteiger partial charge in [-0.25, -0.2) is 0 Å². The van der Waals surface area contributed by atoms with Gasteiger partial charge < -0.3 is 4.90 Å². The standard InChI is InChI=1S/C10H19FN2/c1-10-12-7-9-13(10)8-5-3-2-4-6-11/h2-9H2,1H3. The Hall–Kier alpha value is -0.600. The van der Waals surface area contributed by atoms with Crippen molar-refractivity contribution in [1.29, 1.82) is 0 Å². The van der Waals surface area contributed by atoms with Crippen molar-refractivity contribution in [2.24, 2.45) is 4.99 Å². The summed E-state index contributed by atoms with van der Waals surface area (Å²) in [6.45, 7) is 5.03. The molecule has 0 amide bonds. The molecular formula is C10H19FN2. The fourth-order valence-electron chi connectivity index (χ4n) is 1.62. The fourth-order valence-corrected chi connectivity index (χ4v) is 1.62. The molecule has 1 rings (SSSR count). The van der Waals surface area contributed by atoms with Crippen molar-refractivity contribution in [1.82, 2.24) is 4.90 Å². The van der Waals surface area contributed by atoms with Gasteiger partial charge >= 0.3 is 0 Å². The predicted octanol–water partition coefficient (Wildman–Crippen LogP) is 2.25. The van der Waals surface area contributed by atoms with Crippen molar-refractivity contribution >= 4 is 5.84 Å². The summed E-state index contributed by atoms with van der Waals surface area (Å²) in [4.78, 5) is 6.63. The Morgan fingerprint density at radius 1 is 1.31 bits per heavy atom. The van der Waals surface area contributed by atoms with Crippen LogP contribution in [0.15, 0.2) is 4.99 Å². The van der Waals surface area contributed by atoms with Crippen LogP contribution in [0.4, 0.5) is 4.39 Å². The van der Waals surface area contributed by atoms with Crippen LogP contribution in [0.1, 0.15) is 32.6 Å². The fraction of sp³-hybridized carbons (Fsp3) is 0.900. The van der Waals surface area contributed by atoms with Gasteiger partial charge in [-0.15, -0.1) is 0 Å². The summed E-state index contributed by atoms with van der Waals surface area (Å²) in [6.07, 6.45) is 4.08. The van der Waals surface area contributed by atoms with E-state index in [4.69, 9.17) is 0 Å². The van der Waals surface area contributed by atoms with Crippen molar-refractivity contribution in [2.75, 3.05) is 26.3 Å². The molecule has 0 radical (unpaired) electrons. The molecule has 1 heterocycles. The first-order valence-corrected chi connectivity index (χ1v) is 5.16. The Morgan fingerprint density at radius 2 is 2.08 bits per heavy atom. The zero-order chi connectivity index (χ0) is 9.52. The van der Waals surface area contributed by atoms with Crippen LogP contribution < -0.4 is 0 Å². The van der Waals surface area contributed by atoms with E-state index in [2.05, 4.69) is 16.8 Å². The number of amidine groups is 1. The molecule has 3 heteroatoms. The number of halogens is 1. The van der Waals surface area contributed by atoms with Crippen LogP contribution in [0.25, 0.3) is 0 Å². The third-order valence-electron chi connectivity index (χ3n) is 2.48. The molecule has 2 nitrogen and oxygen atoms in total. The maximum Gasteiger partial charge on any atom is 0.0958 e. The number of hydrogen-bond donors (Lipinski definition) is 0. The average Bonchev–Trinajstić information content (AvgIpc) is 2.52. The second kappa shape index (κ2) is 5.95. The van der Waals surface area contributed by atoms with Crippen LogP contribution in [0.2, 0.25) is 0 Å². The Labute approximate surface area is 79.8 Å². The lowest BCUT2D eigenvalue weighted by Gasteiger charge is -2.17. The van der Waals surface area contributed by atoms with Gasteiger partial charge in [-0.3, -0.25) is 9.38 Å². The minimum atomic E-state index is -0.162. The Balaban J connectivity index is 1.97. The van der Waals surface area contributed by atoms with E-state index in [1.54, 1.807) is 0 Å². The molecule has 0 aromatic rings. The summed E-state index contributed by atoms with van der Waals surface area (Å²) in [6, 6.07) is 0. The Morgan fingerprint density at radius 3 is 2.69 bits per heavy atom. The van der Waals surface area contributed by atoms with Crippen LogP contribution in [-0.2, 0) is 0 Å². The van der Waals surface area contributed by atoms with Crippen LogP contribution >= 0.6 is 0 Å². The second-order valence-electron chi connectivity index (χ2n) is 3.52. The topological polar surface area (TPSA) is 15.6 Å². The molecule has 0 aromatic heterocycles. The molecule has 0 aromatic carbocycles. The largest absolute Gasteiger partial charge is 0.359 e. The molecule has 0 fully saturated rings. The van der Waals surface area contributed by atoms with Crippen LogP contribution in [0.5, 0.6) is 0 Å². The van der Waals surface area contributed by atoms with E-state index in [-0.39, 0.29) is 6.67 Å². The third-order valence-corrected chi connectivity index (χ3v) is 2.48. The molecule has 0 spiro atoms. The molecule has 0 bridgehead atoms. The maximum absolute atomic E-state index is 11.8. The number of nitrogens with zero attached hydrogens (tertiary/aromatic N) is 2. The van der Waals surface area contributed by atoms with Gasteiger partial charge in [0.2, 0.25) is 0 Å². The zero-order valence-corrected chi connectivity index (χ0v) is 8.43. The number of alkyl halides is 1. The highest BCUT2D eigenvalue weighted by molar-refractivity contribution is 5.81. The van der Waals surface area contributed by atoms with Crippen LogP contribution in [0.3, 0.4) is 0 Å². The van der Waals surface area contributed by atoms with Gasteiger partial charge in [0.1, 0.15) is 0 Å². The Bertz CT molecular complexity index is 168. The van der Waals surface area contributed by atoms with Gasteiger partial charge in [0.25, 0.3) is 0 Å². The van der Waals surface area contributed by atoms with Gasteiger partial charge in [-0.1, -0.05) is 12.8 Å². The molecule has 13 heavy (non-hydrogen) atoms. The third kappa shape index (κ3) is 3.75. The molecule has 1 aliphatic heterocycles. The first-order chi connectivity index (χ1) is 6.34. The normalized spacial score (nSPS) is 16.5. The van der Waals surface area contributed by atoms with E-state index in [9.17, 15) is 4.39 Å². The molecule has 0 N–H and O–H groups in total. The highest BCUT2D eigenvalue weighted by Crippen LogP contribution is 2.06. The van der Waals surface area contributed by atoms with Gasteiger partial charge in [0.05, 0.1) is 19.1 Å². The second-order valence-corrected chi connectivity index (χ2v) is 3.52. The van der Waals surface area contributed by atoms with Gasteiger partial charge in [-0.2, -0.15) is 0 Å². The van der Waals surface area contributed by atoms with Crippen LogP contribution in [0, 0.1) is 0 Å². The number of aliphatic imine (C=N–C) groups is 1. The molecule has 0 atom stereocenters. The van der Waals surface area contributed by atoms with E-state index in [1.807, 2.05) is 0 Å². The van der Waals surface area contributed by atoms with Gasteiger partial charge in [-0.05, 0) is 19.8 Å². The molecule has 0 saturated heterocycles. The van der Waals surface area contributed by atoms with Crippen molar-refractivity contribution in [2.45, 2.75) is 32.6 Å². The monoisotopic (exact) mass is 186 g/mol. The summed E-state index contributed by atoms with van der Waals surface area (Å²) in [5, 5.41) is 0. The van der Waals surface area contributed by atoms with Crippen molar-refractivity contribution in [3.8, 4) is 0 Å². The van der Waals surface area contributed by atoms with E-state index < -0.39 is 0 Å². The summed E-state index contributed by atoms with van der Waals surface area (Å²) >= 11 is 0. The highest BCUT2D eigenvalue weighted by Gasteiger charge is 2.10.